The Labute approximate surface area is 166 Å². The third kappa shape index (κ3) is 4.77. The van der Waals surface area contributed by atoms with Gasteiger partial charge in [0.2, 0.25) is 5.91 Å². The summed E-state index contributed by atoms with van der Waals surface area (Å²) < 4.78 is 0. The molecule has 0 radical (unpaired) electrons. The molecule has 0 bridgehead atoms. The zero-order chi connectivity index (χ0) is 20.3. The second-order valence-electron chi connectivity index (χ2n) is 8.26. The lowest BCUT2D eigenvalue weighted by Crippen LogP contribution is -2.43. The zero-order valence-electron chi connectivity index (χ0n) is 16.5. The summed E-state index contributed by atoms with van der Waals surface area (Å²) in [6, 6.07) is 18.3. The van der Waals surface area contributed by atoms with Gasteiger partial charge in [0.05, 0.1) is 17.6 Å². The van der Waals surface area contributed by atoms with Crippen molar-refractivity contribution in [3.05, 3.63) is 71.3 Å². The fourth-order valence-electron chi connectivity index (χ4n) is 3.24. The van der Waals surface area contributed by atoms with Gasteiger partial charge in [0.1, 0.15) is 0 Å². The summed E-state index contributed by atoms with van der Waals surface area (Å²) in [5, 5.41) is 12.0. The minimum atomic E-state index is -0.300. The summed E-state index contributed by atoms with van der Waals surface area (Å²) in [5.74, 6) is -0.321. The highest BCUT2D eigenvalue weighted by Crippen LogP contribution is 2.38. The van der Waals surface area contributed by atoms with Gasteiger partial charge in [-0.1, -0.05) is 30.3 Å². The van der Waals surface area contributed by atoms with E-state index in [2.05, 4.69) is 11.4 Å². The quantitative estimate of drug-likeness (QED) is 0.869. The van der Waals surface area contributed by atoms with Crippen LogP contribution in [0.3, 0.4) is 0 Å². The van der Waals surface area contributed by atoms with Crippen molar-refractivity contribution in [3.8, 4) is 6.07 Å². The largest absolute Gasteiger partial charge is 0.351 e. The molecule has 0 aromatic heterocycles. The van der Waals surface area contributed by atoms with Gasteiger partial charge in [-0.15, -0.1) is 0 Å². The fraction of sp³-hybridized carbons (Fsp3) is 0.348. The molecule has 0 heterocycles. The average molecular weight is 375 g/mol. The summed E-state index contributed by atoms with van der Waals surface area (Å²) in [6.07, 6.45) is 0.663. The van der Waals surface area contributed by atoms with E-state index in [9.17, 15) is 9.59 Å². The van der Waals surface area contributed by atoms with Gasteiger partial charge >= 0.3 is 0 Å². The molecule has 5 heteroatoms. The first kappa shape index (κ1) is 19.6. The monoisotopic (exact) mass is 375 g/mol. The Morgan fingerprint density at radius 2 is 1.75 bits per heavy atom. The van der Waals surface area contributed by atoms with E-state index < -0.39 is 0 Å². The Balaban J connectivity index is 1.81. The number of carbonyl (C=O) groups excluding carboxylic acids is 2. The van der Waals surface area contributed by atoms with Crippen molar-refractivity contribution in [3.63, 3.8) is 0 Å². The first-order chi connectivity index (χ1) is 13.3. The fourth-order valence-corrected chi connectivity index (χ4v) is 3.24. The van der Waals surface area contributed by atoms with Gasteiger partial charge in [0.15, 0.2) is 0 Å². The Morgan fingerprint density at radius 3 is 2.32 bits per heavy atom. The molecule has 1 fully saturated rings. The number of rotatable bonds is 5. The van der Waals surface area contributed by atoms with E-state index in [1.807, 2.05) is 51.1 Å². The van der Waals surface area contributed by atoms with Gasteiger partial charge in [-0.3, -0.25) is 9.59 Å². The normalized spacial score (nSPS) is 18.1. The summed E-state index contributed by atoms with van der Waals surface area (Å²) in [6.45, 7) is 6.30. The lowest BCUT2D eigenvalue weighted by atomic mass is 10.1. The molecule has 1 aliphatic carbocycles. The highest BCUT2D eigenvalue weighted by molar-refractivity contribution is 5.95. The van der Waals surface area contributed by atoms with Gasteiger partial charge in [-0.2, -0.15) is 5.26 Å². The number of carbonyl (C=O) groups is 2. The Hall–Kier alpha value is -3.13. The summed E-state index contributed by atoms with van der Waals surface area (Å²) in [4.78, 5) is 27.5. The lowest BCUT2D eigenvalue weighted by molar-refractivity contribution is -0.124. The van der Waals surface area contributed by atoms with Crippen molar-refractivity contribution < 1.29 is 9.59 Å². The smallest absolute Gasteiger partial charge is 0.254 e. The predicted octanol–water partition coefficient (Wildman–Crippen LogP) is 3.50. The number of nitrogens with zero attached hydrogens (tertiary/aromatic N) is 2. The van der Waals surface area contributed by atoms with E-state index >= 15 is 0 Å². The molecule has 0 aliphatic heterocycles. The molecular weight excluding hydrogens is 350 g/mol. The number of hydrogen-bond acceptors (Lipinski definition) is 3. The third-order valence-electron chi connectivity index (χ3n) is 4.71. The van der Waals surface area contributed by atoms with Gasteiger partial charge < -0.3 is 10.2 Å². The lowest BCUT2D eigenvalue weighted by Gasteiger charge is -2.25. The van der Waals surface area contributed by atoms with Gasteiger partial charge in [-0.05, 0) is 57.0 Å². The summed E-state index contributed by atoms with van der Waals surface area (Å²) in [7, 11) is 0. The molecule has 2 aromatic carbocycles. The molecule has 144 valence electrons. The number of nitriles is 1. The third-order valence-corrected chi connectivity index (χ3v) is 4.71. The van der Waals surface area contributed by atoms with E-state index in [-0.39, 0.29) is 29.3 Å². The van der Waals surface area contributed by atoms with Crippen LogP contribution in [0, 0.1) is 17.2 Å². The first-order valence-electron chi connectivity index (χ1n) is 9.45. The van der Waals surface area contributed by atoms with E-state index in [1.165, 1.54) is 0 Å². The van der Waals surface area contributed by atoms with Crippen LogP contribution in [0.15, 0.2) is 54.6 Å². The average Bonchev–Trinajstić information content (AvgIpc) is 3.46. The highest BCUT2D eigenvalue weighted by Gasteiger charge is 2.49. The second-order valence-corrected chi connectivity index (χ2v) is 8.26. The molecule has 3 rings (SSSR count). The molecule has 2 amide bonds. The van der Waals surface area contributed by atoms with Crippen LogP contribution in [0.25, 0.3) is 0 Å². The van der Waals surface area contributed by atoms with Gasteiger partial charge in [0, 0.05) is 23.7 Å². The van der Waals surface area contributed by atoms with Crippen molar-refractivity contribution in [2.24, 2.45) is 5.92 Å². The molecule has 28 heavy (non-hydrogen) atoms. The van der Waals surface area contributed by atoms with Gasteiger partial charge in [0.25, 0.3) is 5.91 Å². The number of nitrogens with one attached hydrogen (secondary N) is 1. The number of benzene rings is 2. The molecule has 0 saturated heterocycles. The number of hydrogen-bond donors (Lipinski definition) is 1. The van der Waals surface area contributed by atoms with Crippen LogP contribution in [0.2, 0.25) is 0 Å². The Bertz CT molecular complexity index is 892. The van der Waals surface area contributed by atoms with Crippen LogP contribution in [0.1, 0.15) is 48.7 Å². The minimum Gasteiger partial charge on any atom is -0.351 e. The SMILES string of the molecule is CC(C)(C)NC(=O)[C@@H]1C[C@H]1N(Cc1ccccc1)C(=O)c1ccc(C#N)cc1. The van der Waals surface area contributed by atoms with Crippen LogP contribution in [-0.4, -0.2) is 28.3 Å². The van der Waals surface area contributed by atoms with Crippen molar-refractivity contribution in [2.45, 2.75) is 45.3 Å². The highest BCUT2D eigenvalue weighted by atomic mass is 16.2. The van der Waals surface area contributed by atoms with Crippen molar-refractivity contribution in [1.82, 2.24) is 10.2 Å². The molecule has 5 nitrogen and oxygen atoms in total. The second kappa shape index (κ2) is 7.85. The summed E-state index contributed by atoms with van der Waals surface area (Å²) >= 11 is 0. The summed E-state index contributed by atoms with van der Waals surface area (Å²) in [5.41, 5.74) is 1.76. The maximum absolute atomic E-state index is 13.2. The zero-order valence-corrected chi connectivity index (χ0v) is 16.5. The van der Waals surface area contributed by atoms with E-state index in [0.717, 1.165) is 5.56 Å². The van der Waals surface area contributed by atoms with Crippen LogP contribution in [0.5, 0.6) is 0 Å². The number of amides is 2. The van der Waals surface area contributed by atoms with Gasteiger partial charge in [-0.25, -0.2) is 0 Å². The maximum atomic E-state index is 13.2. The van der Waals surface area contributed by atoms with E-state index in [1.54, 1.807) is 29.2 Å². The van der Waals surface area contributed by atoms with E-state index in [0.29, 0.717) is 24.1 Å². The van der Waals surface area contributed by atoms with Crippen LogP contribution < -0.4 is 5.32 Å². The maximum Gasteiger partial charge on any atom is 0.254 e. The van der Waals surface area contributed by atoms with Crippen molar-refractivity contribution in [2.75, 3.05) is 0 Å². The van der Waals surface area contributed by atoms with Crippen molar-refractivity contribution >= 4 is 11.8 Å². The molecular formula is C23H25N3O2. The van der Waals surface area contributed by atoms with E-state index in [4.69, 9.17) is 5.26 Å². The molecule has 1 saturated carbocycles. The first-order valence-corrected chi connectivity index (χ1v) is 9.45. The van der Waals surface area contributed by atoms with Crippen LogP contribution in [-0.2, 0) is 11.3 Å². The Morgan fingerprint density at radius 1 is 1.11 bits per heavy atom. The molecule has 1 N–H and O–H groups in total. The Kier molecular flexibility index (Phi) is 5.51. The molecule has 1 aliphatic rings. The van der Waals surface area contributed by atoms with Crippen LogP contribution in [0.4, 0.5) is 0 Å². The standard InChI is InChI=1S/C23H25N3O2/c1-23(2,3)25-21(27)19-13-20(19)26(15-17-7-5-4-6-8-17)22(28)18-11-9-16(14-24)10-12-18/h4-12,19-20H,13,15H2,1-3H3,(H,25,27)/t19-,20-/m1/s1. The van der Waals surface area contributed by atoms with Crippen LogP contribution >= 0.6 is 0 Å². The molecule has 0 unspecified atom stereocenters. The molecule has 2 atom stereocenters. The topological polar surface area (TPSA) is 73.2 Å². The minimum absolute atomic E-state index is 0.0109. The van der Waals surface area contributed by atoms with Crippen molar-refractivity contribution in [1.29, 1.82) is 5.26 Å². The molecule has 0 spiro atoms. The predicted molar refractivity (Wildman–Crippen MR) is 107 cm³/mol. The molecule has 2 aromatic rings.